The zero-order chi connectivity index (χ0) is 14.6. The molecule has 0 bridgehead atoms. The SMILES string of the molecule is Fc1cc2nc(-c3cn[nH]c(=S)c3)n(C3CC3)c2cc1F. The molecule has 3 aromatic rings. The van der Waals surface area contributed by atoms with E-state index in [-0.39, 0.29) is 6.04 Å². The number of benzene rings is 1. The molecule has 0 amide bonds. The molecule has 0 saturated heterocycles. The summed E-state index contributed by atoms with van der Waals surface area (Å²) in [7, 11) is 0. The lowest BCUT2D eigenvalue weighted by molar-refractivity contribution is 0.510. The molecular weight excluding hydrogens is 294 g/mol. The third-order valence-corrected chi connectivity index (χ3v) is 3.78. The maximum atomic E-state index is 13.5. The lowest BCUT2D eigenvalue weighted by atomic mass is 10.3. The molecule has 1 fully saturated rings. The number of aromatic amines is 1. The third-order valence-electron chi connectivity index (χ3n) is 3.57. The Balaban J connectivity index is 2.04. The number of aromatic nitrogens is 4. The Hall–Kier alpha value is -2.15. The van der Waals surface area contributed by atoms with Gasteiger partial charge in [-0.15, -0.1) is 0 Å². The average Bonchev–Trinajstić information content (AvgIpc) is 3.22. The number of nitrogens with zero attached hydrogens (tertiary/aromatic N) is 3. The molecule has 0 radical (unpaired) electrons. The van der Waals surface area contributed by atoms with Gasteiger partial charge in [-0.1, -0.05) is 12.2 Å². The van der Waals surface area contributed by atoms with Crippen LogP contribution < -0.4 is 0 Å². The zero-order valence-electron chi connectivity index (χ0n) is 10.8. The van der Waals surface area contributed by atoms with E-state index in [1.54, 1.807) is 12.3 Å². The van der Waals surface area contributed by atoms with Gasteiger partial charge in [-0.25, -0.2) is 13.8 Å². The number of fused-ring (bicyclic) bond motifs is 1. The van der Waals surface area contributed by atoms with E-state index in [9.17, 15) is 8.78 Å². The predicted molar refractivity (Wildman–Crippen MR) is 76.3 cm³/mol. The molecule has 0 atom stereocenters. The van der Waals surface area contributed by atoms with Crippen LogP contribution in [-0.4, -0.2) is 19.7 Å². The van der Waals surface area contributed by atoms with Crippen LogP contribution in [0.25, 0.3) is 22.4 Å². The Bertz CT molecular complexity index is 911. The number of imidazole rings is 1. The van der Waals surface area contributed by atoms with Crippen molar-refractivity contribution in [3.63, 3.8) is 0 Å². The second kappa shape index (κ2) is 4.42. The Morgan fingerprint density at radius 3 is 2.67 bits per heavy atom. The highest BCUT2D eigenvalue weighted by Crippen LogP contribution is 2.41. The van der Waals surface area contributed by atoms with Crippen molar-refractivity contribution in [2.45, 2.75) is 18.9 Å². The second-order valence-corrected chi connectivity index (χ2v) is 5.57. The summed E-state index contributed by atoms with van der Waals surface area (Å²) in [4.78, 5) is 4.44. The van der Waals surface area contributed by atoms with Crippen LogP contribution >= 0.6 is 12.2 Å². The van der Waals surface area contributed by atoms with Gasteiger partial charge in [-0.2, -0.15) is 5.10 Å². The van der Waals surface area contributed by atoms with E-state index in [2.05, 4.69) is 15.2 Å². The first-order valence-corrected chi connectivity index (χ1v) is 6.96. The predicted octanol–water partition coefficient (Wildman–Crippen LogP) is 3.77. The molecule has 1 saturated carbocycles. The highest BCUT2D eigenvalue weighted by Gasteiger charge is 2.29. The van der Waals surface area contributed by atoms with Crippen LogP contribution in [0.2, 0.25) is 0 Å². The Kier molecular flexibility index (Phi) is 2.65. The zero-order valence-corrected chi connectivity index (χ0v) is 11.6. The molecule has 0 aliphatic heterocycles. The summed E-state index contributed by atoms with van der Waals surface area (Å²) < 4.78 is 29.4. The standard InChI is InChI=1S/C14H10F2N4S/c15-9-4-11-12(5-10(9)16)20(8-1-2-8)14(18-11)7-3-13(21)19-17-6-7/h3-6,8H,1-2H2,(H,19,21). The van der Waals surface area contributed by atoms with Crippen LogP contribution in [0.3, 0.4) is 0 Å². The van der Waals surface area contributed by atoms with Crippen molar-refractivity contribution in [2.75, 3.05) is 0 Å². The minimum absolute atomic E-state index is 0.271. The summed E-state index contributed by atoms with van der Waals surface area (Å²) in [5, 5.41) is 6.62. The number of rotatable bonds is 2. The number of hydrogen-bond donors (Lipinski definition) is 1. The van der Waals surface area contributed by atoms with E-state index in [4.69, 9.17) is 12.2 Å². The van der Waals surface area contributed by atoms with Gasteiger partial charge in [0.15, 0.2) is 11.6 Å². The fourth-order valence-corrected chi connectivity index (χ4v) is 2.67. The summed E-state index contributed by atoms with van der Waals surface area (Å²) in [5.41, 5.74) is 1.78. The van der Waals surface area contributed by atoms with Crippen LogP contribution in [0, 0.1) is 16.3 Å². The highest BCUT2D eigenvalue weighted by atomic mass is 32.1. The summed E-state index contributed by atoms with van der Waals surface area (Å²) >= 11 is 5.07. The fraction of sp³-hybridized carbons (Fsp3) is 0.214. The first kappa shape index (κ1) is 12.6. The molecule has 1 aliphatic carbocycles. The van der Waals surface area contributed by atoms with E-state index >= 15 is 0 Å². The molecule has 0 unspecified atom stereocenters. The summed E-state index contributed by atoms with van der Waals surface area (Å²) in [5.74, 6) is -1.11. The van der Waals surface area contributed by atoms with Gasteiger partial charge >= 0.3 is 0 Å². The van der Waals surface area contributed by atoms with Gasteiger partial charge < -0.3 is 4.57 Å². The van der Waals surface area contributed by atoms with E-state index in [1.807, 2.05) is 4.57 Å². The van der Waals surface area contributed by atoms with Crippen LogP contribution in [0.15, 0.2) is 24.4 Å². The smallest absolute Gasteiger partial charge is 0.161 e. The molecule has 2 heterocycles. The van der Waals surface area contributed by atoms with Gasteiger partial charge in [0.05, 0.1) is 17.2 Å². The quantitative estimate of drug-likeness (QED) is 0.733. The molecule has 4 nitrogen and oxygen atoms in total. The normalized spacial score (nSPS) is 14.8. The number of H-pyrrole nitrogens is 1. The summed E-state index contributed by atoms with van der Waals surface area (Å²) in [6.07, 6.45) is 3.62. The Morgan fingerprint density at radius 2 is 1.95 bits per heavy atom. The molecule has 1 aliphatic rings. The van der Waals surface area contributed by atoms with Crippen LogP contribution in [0.5, 0.6) is 0 Å². The van der Waals surface area contributed by atoms with E-state index in [0.29, 0.717) is 21.5 Å². The van der Waals surface area contributed by atoms with Gasteiger partial charge in [-0.3, -0.25) is 5.10 Å². The van der Waals surface area contributed by atoms with Crippen molar-refractivity contribution in [2.24, 2.45) is 0 Å². The maximum absolute atomic E-state index is 13.5. The lowest BCUT2D eigenvalue weighted by Crippen LogP contribution is -1.98. The Labute approximate surface area is 123 Å². The molecular formula is C14H10F2N4S. The topological polar surface area (TPSA) is 46.5 Å². The van der Waals surface area contributed by atoms with Crippen molar-refractivity contribution < 1.29 is 8.78 Å². The largest absolute Gasteiger partial charge is 0.321 e. The fourth-order valence-electron chi connectivity index (χ4n) is 2.49. The number of nitrogens with one attached hydrogen (secondary N) is 1. The van der Waals surface area contributed by atoms with Crippen molar-refractivity contribution in [3.8, 4) is 11.4 Å². The summed E-state index contributed by atoms with van der Waals surface area (Å²) in [6.45, 7) is 0. The van der Waals surface area contributed by atoms with E-state index < -0.39 is 11.6 Å². The first-order chi connectivity index (χ1) is 10.1. The van der Waals surface area contributed by atoms with E-state index in [0.717, 1.165) is 24.5 Å². The molecule has 0 spiro atoms. The Morgan fingerprint density at radius 1 is 1.19 bits per heavy atom. The van der Waals surface area contributed by atoms with Crippen molar-refractivity contribution in [1.29, 1.82) is 0 Å². The van der Waals surface area contributed by atoms with Crippen molar-refractivity contribution >= 4 is 23.3 Å². The molecule has 1 aromatic carbocycles. The third kappa shape index (κ3) is 2.04. The van der Waals surface area contributed by atoms with E-state index in [1.165, 1.54) is 6.07 Å². The number of halogens is 2. The van der Waals surface area contributed by atoms with Gasteiger partial charge in [0.2, 0.25) is 0 Å². The van der Waals surface area contributed by atoms with Gasteiger partial charge in [-0.05, 0) is 18.9 Å². The van der Waals surface area contributed by atoms with Crippen molar-refractivity contribution in [1.82, 2.24) is 19.7 Å². The van der Waals surface area contributed by atoms with Gasteiger partial charge in [0, 0.05) is 23.7 Å². The first-order valence-electron chi connectivity index (χ1n) is 6.55. The lowest BCUT2D eigenvalue weighted by Gasteiger charge is -2.07. The molecule has 1 N–H and O–H groups in total. The molecule has 4 rings (SSSR count). The van der Waals surface area contributed by atoms with Crippen LogP contribution in [-0.2, 0) is 0 Å². The molecule has 2 aromatic heterocycles. The molecule has 7 heteroatoms. The number of hydrogen-bond acceptors (Lipinski definition) is 3. The van der Waals surface area contributed by atoms with Gasteiger partial charge in [0.1, 0.15) is 10.5 Å². The minimum atomic E-state index is -0.891. The minimum Gasteiger partial charge on any atom is -0.321 e. The molecule has 106 valence electrons. The molecule has 21 heavy (non-hydrogen) atoms. The van der Waals surface area contributed by atoms with Crippen LogP contribution in [0.1, 0.15) is 18.9 Å². The van der Waals surface area contributed by atoms with Crippen LogP contribution in [0.4, 0.5) is 8.78 Å². The highest BCUT2D eigenvalue weighted by molar-refractivity contribution is 7.71. The van der Waals surface area contributed by atoms with Crippen molar-refractivity contribution in [3.05, 3.63) is 40.7 Å². The monoisotopic (exact) mass is 304 g/mol. The second-order valence-electron chi connectivity index (χ2n) is 5.13. The summed E-state index contributed by atoms with van der Waals surface area (Å²) in [6, 6.07) is 4.35. The maximum Gasteiger partial charge on any atom is 0.161 e. The van der Waals surface area contributed by atoms with Gasteiger partial charge in [0.25, 0.3) is 0 Å². The average molecular weight is 304 g/mol.